The molecule has 0 fully saturated rings. The second-order valence-corrected chi connectivity index (χ2v) is 3.30. The summed E-state index contributed by atoms with van der Waals surface area (Å²) in [5, 5.41) is 0. The first kappa shape index (κ1) is 18.1. The van der Waals surface area contributed by atoms with Crippen LogP contribution in [0.15, 0.2) is 25.3 Å². The zero-order valence-electron chi connectivity index (χ0n) is 10.3. The van der Waals surface area contributed by atoms with E-state index in [0.29, 0.717) is 5.88 Å². The van der Waals surface area contributed by atoms with Crippen LogP contribution in [-0.2, 0) is 19.1 Å². The lowest BCUT2D eigenvalue weighted by molar-refractivity contribution is -0.142. The maximum absolute atomic E-state index is 10.4. The number of hydrogen-bond donors (Lipinski definition) is 0. The summed E-state index contributed by atoms with van der Waals surface area (Å²) in [6.07, 6.45) is 3.13. The van der Waals surface area contributed by atoms with E-state index in [1.807, 2.05) is 13.8 Å². The number of halogens is 1. The van der Waals surface area contributed by atoms with Gasteiger partial charge in [0.15, 0.2) is 0 Å². The van der Waals surface area contributed by atoms with E-state index in [0.717, 1.165) is 12.5 Å². The normalized spacial score (nSPS) is 10.3. The minimum Gasteiger partial charge on any atom is -0.461 e. The first-order valence-electron chi connectivity index (χ1n) is 5.19. The van der Waals surface area contributed by atoms with Crippen molar-refractivity contribution in [3.8, 4) is 0 Å². The summed E-state index contributed by atoms with van der Waals surface area (Å²) >= 11 is 5.19. The van der Waals surface area contributed by atoms with Crippen LogP contribution in [0.1, 0.15) is 20.3 Å². The van der Waals surface area contributed by atoms with Gasteiger partial charge in [0, 0.05) is 12.2 Å². The molecule has 0 aromatic heterocycles. The van der Waals surface area contributed by atoms with Gasteiger partial charge in [-0.2, -0.15) is 0 Å². The van der Waals surface area contributed by atoms with Gasteiger partial charge < -0.3 is 9.47 Å². The van der Waals surface area contributed by atoms with Crippen LogP contribution >= 0.6 is 11.6 Å². The highest BCUT2D eigenvalue weighted by Crippen LogP contribution is 1.95. The molecule has 1 unspecified atom stereocenters. The Hall–Kier alpha value is -1.29. The van der Waals surface area contributed by atoms with Gasteiger partial charge in [0.1, 0.15) is 6.61 Å². The van der Waals surface area contributed by atoms with E-state index in [9.17, 15) is 9.59 Å². The predicted molar refractivity (Wildman–Crippen MR) is 67.9 cm³/mol. The first-order valence-corrected chi connectivity index (χ1v) is 5.73. The van der Waals surface area contributed by atoms with Crippen molar-refractivity contribution in [3.05, 3.63) is 25.3 Å². The smallest absolute Gasteiger partial charge is 0.330 e. The van der Waals surface area contributed by atoms with Crippen LogP contribution in [0, 0.1) is 0 Å². The van der Waals surface area contributed by atoms with Gasteiger partial charge in [0.05, 0.1) is 12.0 Å². The van der Waals surface area contributed by atoms with Crippen molar-refractivity contribution in [3.63, 3.8) is 0 Å². The molecule has 0 aliphatic carbocycles. The lowest BCUT2D eigenvalue weighted by Crippen LogP contribution is -2.10. The number of alkyl halides is 1. The Labute approximate surface area is 107 Å². The molecule has 5 heteroatoms. The molecule has 0 bridgehead atoms. The number of hydrogen-bond acceptors (Lipinski definition) is 4. The van der Waals surface area contributed by atoms with Gasteiger partial charge in [-0.05, 0) is 13.3 Å². The van der Waals surface area contributed by atoms with Crippen LogP contribution in [-0.4, -0.2) is 30.5 Å². The van der Waals surface area contributed by atoms with Crippen LogP contribution in [0.25, 0.3) is 0 Å². The molecule has 0 aromatic rings. The number of carbonyl (C=O) groups excluding carboxylic acids is 2. The third kappa shape index (κ3) is 14.7. The summed E-state index contributed by atoms with van der Waals surface area (Å²) in [7, 11) is 0. The molecule has 0 radical (unpaired) electrons. The number of esters is 2. The van der Waals surface area contributed by atoms with Gasteiger partial charge >= 0.3 is 11.9 Å². The summed E-state index contributed by atoms with van der Waals surface area (Å²) < 4.78 is 9.24. The fourth-order valence-electron chi connectivity index (χ4n) is 0.528. The number of ether oxygens (including phenoxy) is 2. The summed E-state index contributed by atoms with van der Waals surface area (Å²) in [6, 6.07) is 0. The molecule has 0 saturated heterocycles. The molecule has 0 spiro atoms. The average molecular weight is 263 g/mol. The second-order valence-electron chi connectivity index (χ2n) is 2.92. The van der Waals surface area contributed by atoms with Crippen molar-refractivity contribution in [1.29, 1.82) is 0 Å². The number of rotatable bonds is 6. The summed E-state index contributed by atoms with van der Waals surface area (Å²) in [5.74, 6) is -0.436. The topological polar surface area (TPSA) is 52.6 Å². The summed E-state index contributed by atoms with van der Waals surface area (Å²) in [6.45, 7) is 10.5. The van der Waals surface area contributed by atoms with Gasteiger partial charge in [0.25, 0.3) is 0 Å². The Morgan fingerprint density at radius 1 is 1.29 bits per heavy atom. The monoisotopic (exact) mass is 262 g/mol. The Kier molecular flexibility index (Phi) is 13.6. The van der Waals surface area contributed by atoms with E-state index in [1.54, 1.807) is 0 Å². The molecule has 1 atom stereocenters. The van der Waals surface area contributed by atoms with Crippen molar-refractivity contribution >= 4 is 23.5 Å². The highest BCUT2D eigenvalue weighted by molar-refractivity contribution is 6.18. The minimum absolute atomic E-state index is 0.00972. The van der Waals surface area contributed by atoms with Crippen LogP contribution in [0.3, 0.4) is 0 Å². The van der Waals surface area contributed by atoms with Crippen LogP contribution < -0.4 is 0 Å². The fourth-order valence-corrected chi connectivity index (χ4v) is 0.605. The van der Waals surface area contributed by atoms with Crippen molar-refractivity contribution in [2.75, 3.05) is 12.5 Å². The van der Waals surface area contributed by atoms with Gasteiger partial charge in [0.2, 0.25) is 0 Å². The average Bonchev–Trinajstić information content (AvgIpc) is 2.36. The van der Waals surface area contributed by atoms with Crippen molar-refractivity contribution in [2.24, 2.45) is 0 Å². The zero-order valence-corrected chi connectivity index (χ0v) is 11.0. The highest BCUT2D eigenvalue weighted by Gasteiger charge is 2.01. The van der Waals surface area contributed by atoms with E-state index >= 15 is 0 Å². The maximum atomic E-state index is 10.4. The molecular formula is C12H19ClO4. The largest absolute Gasteiger partial charge is 0.461 e. The fraction of sp³-hybridized carbons (Fsp3) is 0.500. The highest BCUT2D eigenvalue weighted by atomic mass is 35.5. The Bertz CT molecular complexity index is 251. The van der Waals surface area contributed by atoms with Gasteiger partial charge in [-0.15, -0.1) is 11.6 Å². The standard InChI is InChI=1S/C7H12O2.C5H7ClO2/c1-4-6(3)9-7(8)5-2;1-2-5(7)8-4-3-6/h5-6H,2,4H2,1,3H3;2H,1,3-4H2. The van der Waals surface area contributed by atoms with E-state index in [4.69, 9.17) is 16.3 Å². The van der Waals surface area contributed by atoms with E-state index in [2.05, 4.69) is 17.9 Å². The molecule has 0 aromatic carbocycles. The lowest BCUT2D eigenvalue weighted by atomic mass is 10.3. The molecular weight excluding hydrogens is 244 g/mol. The molecule has 0 heterocycles. The third-order valence-electron chi connectivity index (χ3n) is 1.55. The van der Waals surface area contributed by atoms with E-state index in [1.165, 1.54) is 6.08 Å². The molecule has 0 saturated carbocycles. The Morgan fingerprint density at radius 2 is 1.82 bits per heavy atom. The van der Waals surface area contributed by atoms with Crippen molar-refractivity contribution < 1.29 is 19.1 Å². The molecule has 0 amide bonds. The van der Waals surface area contributed by atoms with Crippen molar-refractivity contribution in [2.45, 2.75) is 26.4 Å². The first-order chi connectivity index (χ1) is 8.01. The molecule has 4 nitrogen and oxygen atoms in total. The maximum Gasteiger partial charge on any atom is 0.330 e. The van der Waals surface area contributed by atoms with Gasteiger partial charge in [-0.3, -0.25) is 0 Å². The minimum atomic E-state index is -0.425. The summed E-state index contributed by atoms with van der Waals surface area (Å²) in [5.41, 5.74) is 0. The molecule has 17 heavy (non-hydrogen) atoms. The summed E-state index contributed by atoms with van der Waals surface area (Å²) in [4.78, 5) is 20.6. The Morgan fingerprint density at radius 3 is 2.18 bits per heavy atom. The third-order valence-corrected chi connectivity index (χ3v) is 1.70. The van der Waals surface area contributed by atoms with Gasteiger partial charge in [-0.1, -0.05) is 20.1 Å². The SMILES string of the molecule is C=CC(=O)OC(C)CC.C=CC(=O)OCCCl. The molecule has 0 aliphatic rings. The van der Waals surface area contributed by atoms with Crippen LogP contribution in [0.4, 0.5) is 0 Å². The molecule has 0 rings (SSSR count). The van der Waals surface area contributed by atoms with E-state index in [-0.39, 0.29) is 18.7 Å². The predicted octanol–water partition coefficient (Wildman–Crippen LogP) is 2.47. The quantitative estimate of drug-likeness (QED) is 0.419. The number of carbonyl (C=O) groups is 2. The molecule has 0 N–H and O–H groups in total. The van der Waals surface area contributed by atoms with Crippen molar-refractivity contribution in [1.82, 2.24) is 0 Å². The second kappa shape index (κ2) is 12.8. The van der Waals surface area contributed by atoms with Gasteiger partial charge in [-0.25, -0.2) is 9.59 Å². The molecule has 98 valence electrons. The molecule has 0 aliphatic heterocycles. The Balaban J connectivity index is 0. The zero-order chi connectivity index (χ0) is 13.7. The van der Waals surface area contributed by atoms with Crippen LogP contribution in [0.2, 0.25) is 0 Å². The van der Waals surface area contributed by atoms with Crippen LogP contribution in [0.5, 0.6) is 0 Å². The lowest BCUT2D eigenvalue weighted by Gasteiger charge is -2.07. The van der Waals surface area contributed by atoms with E-state index < -0.39 is 5.97 Å².